The molecule has 0 aromatic rings. The zero-order valence-corrected chi connectivity index (χ0v) is 13.2. The quantitative estimate of drug-likeness (QED) is 0.783. The normalized spacial score (nSPS) is 40.9. The third-order valence-electron chi connectivity index (χ3n) is 5.23. The first-order valence-electron chi connectivity index (χ1n) is 7.97. The van der Waals surface area contributed by atoms with Gasteiger partial charge in [0, 0.05) is 25.2 Å². The summed E-state index contributed by atoms with van der Waals surface area (Å²) >= 11 is 0. The van der Waals surface area contributed by atoms with E-state index < -0.39 is 0 Å². The second-order valence-electron chi connectivity index (χ2n) is 7.61. The third-order valence-corrected chi connectivity index (χ3v) is 5.23. The highest BCUT2D eigenvalue weighted by Gasteiger charge is 2.41. The van der Waals surface area contributed by atoms with Crippen LogP contribution in [0.4, 0.5) is 0 Å². The van der Waals surface area contributed by atoms with Gasteiger partial charge >= 0.3 is 0 Å². The summed E-state index contributed by atoms with van der Waals surface area (Å²) in [7, 11) is 0. The molecule has 112 valence electrons. The molecule has 0 aromatic heterocycles. The van der Waals surface area contributed by atoms with Gasteiger partial charge in [0.05, 0.1) is 12.2 Å². The summed E-state index contributed by atoms with van der Waals surface area (Å²) in [6.45, 7) is 12.1. The predicted octanol–water partition coefficient (Wildman–Crippen LogP) is 2.78. The van der Waals surface area contributed by atoms with E-state index >= 15 is 0 Å². The minimum Gasteiger partial charge on any atom is -0.373 e. The van der Waals surface area contributed by atoms with Crippen molar-refractivity contribution < 1.29 is 4.74 Å². The molecule has 1 heterocycles. The van der Waals surface area contributed by atoms with Crippen molar-refractivity contribution in [1.82, 2.24) is 4.90 Å². The lowest BCUT2D eigenvalue weighted by atomic mass is 9.82. The Bertz CT molecular complexity index is 295. The van der Waals surface area contributed by atoms with Crippen molar-refractivity contribution in [1.29, 1.82) is 0 Å². The molecule has 19 heavy (non-hydrogen) atoms. The van der Waals surface area contributed by atoms with Crippen LogP contribution in [0.2, 0.25) is 0 Å². The summed E-state index contributed by atoms with van der Waals surface area (Å²) in [4.78, 5) is 2.65. The first-order chi connectivity index (χ1) is 8.87. The second kappa shape index (κ2) is 5.71. The zero-order chi connectivity index (χ0) is 14.1. The first kappa shape index (κ1) is 15.3. The molecule has 1 unspecified atom stereocenters. The van der Waals surface area contributed by atoms with E-state index in [1.807, 2.05) is 0 Å². The fraction of sp³-hybridized carbons (Fsp3) is 1.00. The Hall–Kier alpha value is -0.120. The summed E-state index contributed by atoms with van der Waals surface area (Å²) in [6, 6.07) is 0. The van der Waals surface area contributed by atoms with Gasteiger partial charge in [-0.3, -0.25) is 4.90 Å². The fourth-order valence-corrected chi connectivity index (χ4v) is 3.93. The Morgan fingerprint density at radius 1 is 1.05 bits per heavy atom. The molecule has 1 saturated heterocycles. The molecule has 2 rings (SSSR count). The van der Waals surface area contributed by atoms with Gasteiger partial charge in [0.2, 0.25) is 0 Å². The Morgan fingerprint density at radius 2 is 1.68 bits per heavy atom. The number of morpholine rings is 1. The molecular formula is C16H32N2O. The standard InChI is InChI=1S/C16H32N2O/c1-13-10-18(11-14(2)19-13)16(12-17)7-5-6-15(3,4)8-9-16/h13-14H,5-12,17H2,1-4H3/t13-,14+,16?. The number of rotatable bonds is 2. The molecule has 0 aromatic carbocycles. The lowest BCUT2D eigenvalue weighted by molar-refractivity contribution is -0.104. The van der Waals surface area contributed by atoms with E-state index in [2.05, 4.69) is 32.6 Å². The summed E-state index contributed by atoms with van der Waals surface area (Å²) in [6.07, 6.45) is 7.12. The van der Waals surface area contributed by atoms with Crippen LogP contribution in [0.15, 0.2) is 0 Å². The van der Waals surface area contributed by atoms with E-state index in [1.54, 1.807) is 0 Å². The van der Waals surface area contributed by atoms with Gasteiger partial charge in [-0.15, -0.1) is 0 Å². The molecule has 2 aliphatic rings. The van der Waals surface area contributed by atoms with Gasteiger partial charge in [-0.05, 0) is 44.9 Å². The van der Waals surface area contributed by atoms with Gasteiger partial charge in [0.15, 0.2) is 0 Å². The molecule has 1 aliphatic carbocycles. The molecule has 3 nitrogen and oxygen atoms in total. The van der Waals surface area contributed by atoms with Gasteiger partial charge in [-0.1, -0.05) is 20.3 Å². The third kappa shape index (κ3) is 3.50. The summed E-state index contributed by atoms with van der Waals surface area (Å²) in [5.41, 5.74) is 6.94. The average molecular weight is 268 g/mol. The average Bonchev–Trinajstić information content (AvgIpc) is 2.47. The summed E-state index contributed by atoms with van der Waals surface area (Å²) < 4.78 is 5.89. The van der Waals surface area contributed by atoms with E-state index in [9.17, 15) is 0 Å². The minimum absolute atomic E-state index is 0.222. The van der Waals surface area contributed by atoms with E-state index in [0.29, 0.717) is 17.6 Å². The van der Waals surface area contributed by atoms with E-state index in [1.165, 1.54) is 32.1 Å². The monoisotopic (exact) mass is 268 g/mol. The Kier molecular flexibility index (Phi) is 4.59. The van der Waals surface area contributed by atoms with E-state index in [4.69, 9.17) is 10.5 Å². The predicted molar refractivity (Wildman–Crippen MR) is 80.2 cm³/mol. The van der Waals surface area contributed by atoms with Gasteiger partial charge in [-0.25, -0.2) is 0 Å². The van der Waals surface area contributed by atoms with E-state index in [-0.39, 0.29) is 5.54 Å². The highest BCUT2D eigenvalue weighted by atomic mass is 16.5. The number of hydrogen-bond acceptors (Lipinski definition) is 3. The van der Waals surface area contributed by atoms with Crippen LogP contribution < -0.4 is 5.73 Å². The maximum absolute atomic E-state index is 6.24. The lowest BCUT2D eigenvalue weighted by Gasteiger charge is -2.48. The van der Waals surface area contributed by atoms with Crippen molar-refractivity contribution >= 4 is 0 Å². The largest absolute Gasteiger partial charge is 0.373 e. The van der Waals surface area contributed by atoms with E-state index in [0.717, 1.165) is 19.6 Å². The molecule has 3 heteroatoms. The molecule has 0 radical (unpaired) electrons. The molecule has 0 amide bonds. The van der Waals surface area contributed by atoms with Crippen LogP contribution in [-0.2, 0) is 4.74 Å². The van der Waals surface area contributed by atoms with Crippen LogP contribution in [-0.4, -0.2) is 42.3 Å². The molecule has 2 N–H and O–H groups in total. The van der Waals surface area contributed by atoms with Crippen LogP contribution in [0, 0.1) is 5.41 Å². The minimum atomic E-state index is 0.222. The molecular weight excluding hydrogens is 236 g/mol. The van der Waals surface area contributed by atoms with Crippen molar-refractivity contribution in [3.05, 3.63) is 0 Å². The summed E-state index contributed by atoms with van der Waals surface area (Å²) in [5, 5.41) is 0. The molecule has 3 atom stereocenters. The Morgan fingerprint density at radius 3 is 2.26 bits per heavy atom. The fourth-order valence-electron chi connectivity index (χ4n) is 3.93. The van der Waals surface area contributed by atoms with Crippen molar-refractivity contribution in [2.45, 2.75) is 77.5 Å². The van der Waals surface area contributed by atoms with Crippen molar-refractivity contribution in [2.75, 3.05) is 19.6 Å². The number of hydrogen-bond donors (Lipinski definition) is 1. The van der Waals surface area contributed by atoms with Crippen LogP contribution >= 0.6 is 0 Å². The first-order valence-corrected chi connectivity index (χ1v) is 7.97. The number of ether oxygens (including phenoxy) is 1. The highest BCUT2D eigenvalue weighted by molar-refractivity contribution is 4.97. The van der Waals surface area contributed by atoms with Gasteiger partial charge < -0.3 is 10.5 Å². The van der Waals surface area contributed by atoms with Gasteiger partial charge in [-0.2, -0.15) is 0 Å². The lowest BCUT2D eigenvalue weighted by Crippen LogP contribution is -2.60. The Balaban J connectivity index is 2.12. The number of nitrogens with zero attached hydrogens (tertiary/aromatic N) is 1. The Labute approximate surface area is 118 Å². The van der Waals surface area contributed by atoms with Gasteiger partial charge in [0.25, 0.3) is 0 Å². The maximum atomic E-state index is 6.24. The van der Waals surface area contributed by atoms with Gasteiger partial charge in [0.1, 0.15) is 0 Å². The molecule has 2 fully saturated rings. The molecule has 0 spiro atoms. The second-order valence-corrected chi connectivity index (χ2v) is 7.61. The zero-order valence-electron chi connectivity index (χ0n) is 13.2. The van der Waals surface area contributed by atoms with Crippen LogP contribution in [0.1, 0.15) is 59.8 Å². The maximum Gasteiger partial charge on any atom is 0.0678 e. The molecule has 1 aliphatic heterocycles. The molecule has 0 bridgehead atoms. The highest BCUT2D eigenvalue weighted by Crippen LogP contribution is 2.41. The summed E-state index contributed by atoms with van der Waals surface area (Å²) in [5.74, 6) is 0. The van der Waals surface area contributed by atoms with Crippen LogP contribution in [0.3, 0.4) is 0 Å². The topological polar surface area (TPSA) is 38.5 Å². The number of nitrogens with two attached hydrogens (primary N) is 1. The van der Waals surface area contributed by atoms with Crippen molar-refractivity contribution in [3.63, 3.8) is 0 Å². The molecule has 1 saturated carbocycles. The van der Waals surface area contributed by atoms with Crippen molar-refractivity contribution in [3.8, 4) is 0 Å². The van der Waals surface area contributed by atoms with Crippen LogP contribution in [0.25, 0.3) is 0 Å². The van der Waals surface area contributed by atoms with Crippen LogP contribution in [0.5, 0.6) is 0 Å². The SMILES string of the molecule is C[C@@H]1CN(C2(CN)CCCC(C)(C)CC2)C[C@H](C)O1. The smallest absolute Gasteiger partial charge is 0.0678 e. The van der Waals surface area contributed by atoms with Crippen molar-refractivity contribution in [2.24, 2.45) is 11.1 Å².